The van der Waals surface area contributed by atoms with Crippen molar-refractivity contribution >= 4 is 15.8 Å². The normalized spacial score (nSPS) is 12.8. The number of rotatable bonds is 7. The maximum absolute atomic E-state index is 10.7. The Bertz CT molecular complexity index is 523. The van der Waals surface area contributed by atoms with E-state index in [-0.39, 0.29) is 6.54 Å². The first kappa shape index (κ1) is 16.5. The molecular weight excluding hydrogens is 286 g/mol. The van der Waals surface area contributed by atoms with E-state index in [0.29, 0.717) is 17.2 Å². The molecule has 2 N–H and O–H groups in total. The molecule has 20 heavy (non-hydrogen) atoms. The predicted molar refractivity (Wildman–Crippen MR) is 75.2 cm³/mol. The van der Waals surface area contributed by atoms with Crippen LogP contribution in [0, 0.1) is 0 Å². The lowest BCUT2D eigenvalue weighted by atomic mass is 10.2. The first-order valence-corrected chi connectivity index (χ1v) is 7.43. The molecule has 114 valence electrons. The van der Waals surface area contributed by atoms with E-state index in [1.165, 1.54) is 14.2 Å². The molecule has 0 saturated carbocycles. The van der Waals surface area contributed by atoms with Crippen LogP contribution in [0.15, 0.2) is 18.2 Å². The van der Waals surface area contributed by atoms with Crippen molar-refractivity contribution in [3.05, 3.63) is 18.2 Å². The summed E-state index contributed by atoms with van der Waals surface area (Å²) in [6, 6.07) is 5.15. The van der Waals surface area contributed by atoms with Crippen molar-refractivity contribution in [2.24, 2.45) is 0 Å². The van der Waals surface area contributed by atoms with Gasteiger partial charge in [-0.1, -0.05) is 0 Å². The van der Waals surface area contributed by atoms with Crippen LogP contribution < -0.4 is 14.4 Å². The average molecular weight is 305 g/mol. The SMILES string of the molecule is COc1cc(OC)cc(N(C)CC(O)CS(=O)(=O)O)c1. The molecule has 0 amide bonds. The summed E-state index contributed by atoms with van der Waals surface area (Å²) in [5.74, 6) is 0.448. The summed E-state index contributed by atoms with van der Waals surface area (Å²) in [4.78, 5) is 1.64. The van der Waals surface area contributed by atoms with Crippen LogP contribution in [0.5, 0.6) is 11.5 Å². The minimum absolute atomic E-state index is 0.0378. The van der Waals surface area contributed by atoms with Crippen molar-refractivity contribution in [3.63, 3.8) is 0 Å². The van der Waals surface area contributed by atoms with Crippen molar-refractivity contribution in [1.29, 1.82) is 0 Å². The number of aliphatic hydroxyl groups excluding tert-OH is 1. The summed E-state index contributed by atoms with van der Waals surface area (Å²) in [7, 11) is 0.518. The van der Waals surface area contributed by atoms with E-state index in [0.717, 1.165) is 0 Å². The van der Waals surface area contributed by atoms with E-state index in [4.69, 9.17) is 14.0 Å². The van der Waals surface area contributed by atoms with Crippen LogP contribution in [-0.4, -0.2) is 57.7 Å². The molecule has 1 aromatic carbocycles. The van der Waals surface area contributed by atoms with Crippen LogP contribution in [0.3, 0.4) is 0 Å². The van der Waals surface area contributed by atoms with E-state index >= 15 is 0 Å². The molecule has 0 fully saturated rings. The zero-order valence-electron chi connectivity index (χ0n) is 11.6. The zero-order chi connectivity index (χ0) is 15.3. The third-order valence-corrected chi connectivity index (χ3v) is 3.47. The number of likely N-dealkylation sites (N-methyl/N-ethyl adjacent to an activating group) is 1. The van der Waals surface area contributed by atoms with Gasteiger partial charge in [-0.25, -0.2) is 0 Å². The number of nitrogens with zero attached hydrogens (tertiary/aromatic N) is 1. The van der Waals surface area contributed by atoms with Crippen LogP contribution in [0.25, 0.3) is 0 Å². The van der Waals surface area contributed by atoms with E-state index in [1.54, 1.807) is 30.1 Å². The Hall–Kier alpha value is -1.51. The minimum atomic E-state index is -4.20. The van der Waals surface area contributed by atoms with Gasteiger partial charge in [0.1, 0.15) is 17.3 Å². The number of anilines is 1. The Kier molecular flexibility index (Phi) is 5.61. The van der Waals surface area contributed by atoms with E-state index in [2.05, 4.69) is 0 Å². The predicted octanol–water partition coefficient (Wildman–Crippen LogP) is 0.389. The highest BCUT2D eigenvalue weighted by molar-refractivity contribution is 7.85. The van der Waals surface area contributed by atoms with E-state index in [9.17, 15) is 13.5 Å². The Balaban J connectivity index is 2.83. The maximum atomic E-state index is 10.7. The van der Waals surface area contributed by atoms with Crippen molar-refractivity contribution < 1.29 is 27.6 Å². The summed E-state index contributed by atoms with van der Waals surface area (Å²) >= 11 is 0. The van der Waals surface area contributed by atoms with Crippen molar-refractivity contribution in [2.75, 3.05) is 38.5 Å². The molecule has 0 aromatic heterocycles. The summed E-state index contributed by atoms with van der Waals surface area (Å²) in [5.41, 5.74) is 0.690. The lowest BCUT2D eigenvalue weighted by molar-refractivity contribution is 0.201. The van der Waals surface area contributed by atoms with Crippen LogP contribution in [-0.2, 0) is 10.1 Å². The molecule has 1 unspecified atom stereocenters. The molecule has 1 aromatic rings. The number of hydrogen-bond acceptors (Lipinski definition) is 6. The van der Waals surface area contributed by atoms with E-state index in [1.807, 2.05) is 0 Å². The van der Waals surface area contributed by atoms with Gasteiger partial charge in [-0.2, -0.15) is 8.42 Å². The van der Waals surface area contributed by atoms with Gasteiger partial charge in [0, 0.05) is 37.5 Å². The monoisotopic (exact) mass is 305 g/mol. The van der Waals surface area contributed by atoms with Gasteiger partial charge in [0.25, 0.3) is 10.1 Å². The Morgan fingerprint density at radius 2 is 1.70 bits per heavy atom. The third kappa shape index (κ3) is 5.24. The van der Waals surface area contributed by atoms with Gasteiger partial charge < -0.3 is 19.5 Å². The standard InChI is InChI=1S/C12H19NO6S/c1-13(7-10(14)8-20(15,16)17)9-4-11(18-2)6-12(5-9)19-3/h4-6,10,14H,7-8H2,1-3H3,(H,15,16,17). The fraction of sp³-hybridized carbons (Fsp3) is 0.500. The first-order chi connectivity index (χ1) is 9.25. The van der Waals surface area contributed by atoms with Crippen molar-refractivity contribution in [2.45, 2.75) is 6.10 Å². The van der Waals surface area contributed by atoms with Crippen LogP contribution in [0.2, 0.25) is 0 Å². The lowest BCUT2D eigenvalue weighted by Gasteiger charge is -2.23. The number of hydrogen-bond donors (Lipinski definition) is 2. The molecule has 1 rings (SSSR count). The Labute approximate surface area is 118 Å². The molecule has 0 aliphatic rings. The first-order valence-electron chi connectivity index (χ1n) is 5.82. The quantitative estimate of drug-likeness (QED) is 0.703. The molecule has 0 spiro atoms. The minimum Gasteiger partial charge on any atom is -0.497 e. The molecule has 0 aliphatic heterocycles. The van der Waals surface area contributed by atoms with Gasteiger partial charge in [0.15, 0.2) is 0 Å². The second kappa shape index (κ2) is 6.78. The second-order valence-corrected chi connectivity index (χ2v) is 5.85. The summed E-state index contributed by atoms with van der Waals surface area (Å²) < 4.78 is 40.3. The fourth-order valence-electron chi connectivity index (χ4n) is 1.73. The average Bonchev–Trinajstić information content (AvgIpc) is 2.35. The highest BCUT2D eigenvalue weighted by Crippen LogP contribution is 2.27. The van der Waals surface area contributed by atoms with E-state index < -0.39 is 22.0 Å². The van der Waals surface area contributed by atoms with Gasteiger partial charge in [-0.05, 0) is 0 Å². The molecular formula is C12H19NO6S. The third-order valence-electron chi connectivity index (χ3n) is 2.66. The molecule has 0 radical (unpaired) electrons. The van der Waals surface area contributed by atoms with Crippen molar-refractivity contribution in [1.82, 2.24) is 0 Å². The summed E-state index contributed by atoms with van der Waals surface area (Å²) in [6.45, 7) is 0.0378. The largest absolute Gasteiger partial charge is 0.497 e. The highest BCUT2D eigenvalue weighted by atomic mass is 32.2. The molecule has 0 saturated heterocycles. The van der Waals surface area contributed by atoms with Gasteiger partial charge in [0.2, 0.25) is 0 Å². The van der Waals surface area contributed by atoms with Gasteiger partial charge in [-0.3, -0.25) is 4.55 Å². The Morgan fingerprint density at radius 1 is 1.20 bits per heavy atom. The molecule has 0 heterocycles. The number of benzene rings is 1. The van der Waals surface area contributed by atoms with Crippen molar-refractivity contribution in [3.8, 4) is 11.5 Å². The van der Waals surface area contributed by atoms with Gasteiger partial charge >= 0.3 is 0 Å². The molecule has 0 bridgehead atoms. The summed E-state index contributed by atoms with van der Waals surface area (Å²) in [5, 5.41) is 9.63. The molecule has 0 aliphatic carbocycles. The van der Waals surface area contributed by atoms with Gasteiger partial charge in [0.05, 0.1) is 20.3 Å². The van der Waals surface area contributed by atoms with Crippen LogP contribution in [0.4, 0.5) is 5.69 Å². The summed E-state index contributed by atoms with van der Waals surface area (Å²) in [6.07, 6.45) is -1.20. The molecule has 8 heteroatoms. The molecule has 1 atom stereocenters. The van der Waals surface area contributed by atoms with Gasteiger partial charge in [-0.15, -0.1) is 0 Å². The topological polar surface area (TPSA) is 96.3 Å². The van der Waals surface area contributed by atoms with Crippen LogP contribution >= 0.6 is 0 Å². The lowest BCUT2D eigenvalue weighted by Crippen LogP contribution is -2.33. The number of ether oxygens (including phenoxy) is 2. The number of methoxy groups -OCH3 is 2. The fourth-order valence-corrected chi connectivity index (χ4v) is 2.32. The molecule has 7 nitrogen and oxygen atoms in total. The second-order valence-electron chi connectivity index (χ2n) is 4.35. The number of aliphatic hydroxyl groups is 1. The zero-order valence-corrected chi connectivity index (χ0v) is 12.4. The maximum Gasteiger partial charge on any atom is 0.267 e. The Morgan fingerprint density at radius 3 is 2.10 bits per heavy atom. The smallest absolute Gasteiger partial charge is 0.267 e. The van der Waals surface area contributed by atoms with Crippen LogP contribution in [0.1, 0.15) is 0 Å². The highest BCUT2D eigenvalue weighted by Gasteiger charge is 2.17.